The maximum absolute atomic E-state index is 11.9. The number of carbonyl (C=O) groups excluding carboxylic acids is 1. The van der Waals surface area contributed by atoms with Crippen LogP contribution in [0, 0.1) is 4.77 Å². The summed E-state index contributed by atoms with van der Waals surface area (Å²) >= 11 is 10.7. The summed E-state index contributed by atoms with van der Waals surface area (Å²) in [5, 5.41) is 9.80. The highest BCUT2D eigenvalue weighted by molar-refractivity contribution is 7.71. The lowest BCUT2D eigenvalue weighted by molar-refractivity contribution is -0.121. The largest absolute Gasteiger partial charge is 0.350 e. The number of hydrogen-bond donors (Lipinski definition) is 3. The number of hydrogen-bond acceptors (Lipinski definition) is 4. The summed E-state index contributed by atoms with van der Waals surface area (Å²) in [6.45, 7) is 1.87. The van der Waals surface area contributed by atoms with Gasteiger partial charge in [-0.1, -0.05) is 23.7 Å². The van der Waals surface area contributed by atoms with Gasteiger partial charge in [-0.05, 0) is 36.8 Å². The summed E-state index contributed by atoms with van der Waals surface area (Å²) in [6.07, 6.45) is 0.390. The first-order valence-electron chi connectivity index (χ1n) is 6.68. The molecule has 3 N–H and O–H groups in total. The fraction of sp³-hybridized carbons (Fsp3) is 0.286. The highest BCUT2D eigenvalue weighted by Gasteiger charge is 2.11. The van der Waals surface area contributed by atoms with E-state index in [1.807, 2.05) is 19.1 Å². The Morgan fingerprint density at radius 1 is 1.50 bits per heavy atom. The second kappa shape index (κ2) is 7.33. The van der Waals surface area contributed by atoms with Crippen molar-refractivity contribution in [3.8, 4) is 0 Å². The number of benzene rings is 1. The lowest BCUT2D eigenvalue weighted by atomic mass is 10.1. The van der Waals surface area contributed by atoms with Crippen LogP contribution in [0.1, 0.15) is 30.6 Å². The van der Waals surface area contributed by atoms with Crippen molar-refractivity contribution in [2.75, 3.05) is 0 Å². The first-order valence-corrected chi connectivity index (χ1v) is 7.47. The van der Waals surface area contributed by atoms with E-state index in [4.69, 9.17) is 23.8 Å². The smallest absolute Gasteiger partial charge is 0.273 e. The van der Waals surface area contributed by atoms with Crippen LogP contribution in [0.3, 0.4) is 0 Å². The maximum atomic E-state index is 11.9. The van der Waals surface area contributed by atoms with Gasteiger partial charge in [-0.2, -0.15) is 5.10 Å². The molecule has 1 amide bonds. The molecule has 0 bridgehead atoms. The number of H-pyrrole nitrogens is 2. The number of aryl methyl sites for hydroxylation is 1. The first kappa shape index (κ1) is 16.4. The Kier molecular flexibility index (Phi) is 5.46. The van der Waals surface area contributed by atoms with E-state index < -0.39 is 0 Å². The summed E-state index contributed by atoms with van der Waals surface area (Å²) in [6, 6.07) is 7.13. The molecule has 0 spiro atoms. The molecule has 0 saturated heterocycles. The van der Waals surface area contributed by atoms with Gasteiger partial charge in [0.25, 0.3) is 5.56 Å². The van der Waals surface area contributed by atoms with Gasteiger partial charge in [-0.3, -0.25) is 19.7 Å². The van der Waals surface area contributed by atoms with Crippen molar-refractivity contribution in [1.29, 1.82) is 0 Å². The molecular formula is C14H15ClN4O2S. The van der Waals surface area contributed by atoms with Crippen molar-refractivity contribution in [2.45, 2.75) is 25.8 Å². The zero-order valence-corrected chi connectivity index (χ0v) is 13.4. The molecule has 0 fully saturated rings. The zero-order valence-electron chi connectivity index (χ0n) is 11.9. The molecule has 6 nitrogen and oxygen atoms in total. The molecule has 2 rings (SSSR count). The fourth-order valence-electron chi connectivity index (χ4n) is 1.95. The number of halogens is 1. The number of aromatic nitrogens is 3. The van der Waals surface area contributed by atoms with Crippen LogP contribution in [0.25, 0.3) is 0 Å². The zero-order chi connectivity index (χ0) is 16.1. The van der Waals surface area contributed by atoms with Crippen molar-refractivity contribution in [1.82, 2.24) is 20.5 Å². The van der Waals surface area contributed by atoms with Crippen LogP contribution in [0.2, 0.25) is 5.02 Å². The average Bonchev–Trinajstić information content (AvgIpc) is 2.46. The van der Waals surface area contributed by atoms with Gasteiger partial charge in [0.2, 0.25) is 5.91 Å². The van der Waals surface area contributed by atoms with Gasteiger partial charge >= 0.3 is 0 Å². The molecule has 0 radical (unpaired) electrons. The van der Waals surface area contributed by atoms with Crippen LogP contribution >= 0.6 is 23.8 Å². The van der Waals surface area contributed by atoms with Crippen molar-refractivity contribution in [2.24, 2.45) is 0 Å². The van der Waals surface area contributed by atoms with E-state index in [9.17, 15) is 9.59 Å². The number of carbonyl (C=O) groups is 1. The van der Waals surface area contributed by atoms with E-state index in [1.54, 1.807) is 12.1 Å². The lowest BCUT2D eigenvalue weighted by Crippen LogP contribution is -2.28. The molecule has 0 unspecified atom stereocenters. The predicted molar refractivity (Wildman–Crippen MR) is 86.4 cm³/mol. The first-order chi connectivity index (χ1) is 10.5. The van der Waals surface area contributed by atoms with E-state index in [1.165, 1.54) is 0 Å². The highest BCUT2D eigenvalue weighted by atomic mass is 35.5. The Labute approximate surface area is 136 Å². The molecule has 0 aliphatic rings. The number of aromatic amines is 2. The summed E-state index contributed by atoms with van der Waals surface area (Å²) in [5.74, 6) is -0.170. The van der Waals surface area contributed by atoms with Gasteiger partial charge in [-0.25, -0.2) is 0 Å². The molecule has 1 heterocycles. The Balaban J connectivity index is 1.93. The van der Waals surface area contributed by atoms with Crippen molar-refractivity contribution < 1.29 is 4.79 Å². The van der Waals surface area contributed by atoms with Crippen LogP contribution in [-0.2, 0) is 11.2 Å². The summed E-state index contributed by atoms with van der Waals surface area (Å²) < 4.78 is 0.160. The number of amides is 1. The molecule has 0 aliphatic carbocycles. The number of rotatable bonds is 5. The van der Waals surface area contributed by atoms with E-state index in [0.717, 1.165) is 5.56 Å². The molecule has 8 heteroatoms. The standard InChI is InChI=1S/C14H15ClN4O2S/c1-8(9-3-2-4-10(15)7-9)16-12(20)6-5-11-13(21)17-14(22)19-18-11/h2-4,7-8H,5-6H2,1H3,(H,16,20)(H2,17,19,21,22)/t8-/m0/s1. The summed E-state index contributed by atoms with van der Waals surface area (Å²) in [7, 11) is 0. The second-order valence-electron chi connectivity index (χ2n) is 4.80. The van der Waals surface area contributed by atoms with Gasteiger partial charge < -0.3 is 5.32 Å². The Hall–Kier alpha value is -1.99. The molecule has 116 valence electrons. The van der Waals surface area contributed by atoms with Gasteiger partial charge in [0.15, 0.2) is 4.77 Å². The van der Waals surface area contributed by atoms with Gasteiger partial charge in [0.05, 0.1) is 6.04 Å². The topological polar surface area (TPSA) is 90.6 Å². The third kappa shape index (κ3) is 4.51. The lowest BCUT2D eigenvalue weighted by Gasteiger charge is -2.14. The Bertz CT molecular complexity index is 787. The van der Waals surface area contributed by atoms with Gasteiger partial charge in [-0.15, -0.1) is 0 Å². The quantitative estimate of drug-likeness (QED) is 0.729. The molecule has 1 aromatic carbocycles. The number of nitrogens with zero attached hydrogens (tertiary/aromatic N) is 1. The molecule has 0 aliphatic heterocycles. The van der Waals surface area contributed by atoms with Crippen LogP contribution in [-0.4, -0.2) is 21.1 Å². The van der Waals surface area contributed by atoms with Crippen LogP contribution in [0.15, 0.2) is 29.1 Å². The van der Waals surface area contributed by atoms with E-state index >= 15 is 0 Å². The minimum absolute atomic E-state index is 0.158. The summed E-state index contributed by atoms with van der Waals surface area (Å²) in [5.41, 5.74) is 0.791. The molecular weight excluding hydrogens is 324 g/mol. The minimum atomic E-state index is -0.376. The van der Waals surface area contributed by atoms with Crippen molar-refractivity contribution in [3.63, 3.8) is 0 Å². The van der Waals surface area contributed by atoms with Crippen LogP contribution < -0.4 is 10.9 Å². The maximum Gasteiger partial charge on any atom is 0.273 e. The van der Waals surface area contributed by atoms with Crippen molar-refractivity contribution >= 4 is 29.7 Å². The third-order valence-corrected chi connectivity index (χ3v) is 3.53. The van der Waals surface area contributed by atoms with Crippen LogP contribution in [0.4, 0.5) is 0 Å². The minimum Gasteiger partial charge on any atom is -0.350 e. The van der Waals surface area contributed by atoms with Crippen molar-refractivity contribution in [3.05, 3.63) is 55.7 Å². The Morgan fingerprint density at radius 2 is 2.27 bits per heavy atom. The number of nitrogens with one attached hydrogen (secondary N) is 3. The van der Waals surface area contributed by atoms with E-state index in [2.05, 4.69) is 20.5 Å². The normalized spacial score (nSPS) is 11.9. The third-order valence-electron chi connectivity index (χ3n) is 3.10. The van der Waals surface area contributed by atoms with E-state index in [-0.39, 0.29) is 40.8 Å². The molecule has 1 atom stereocenters. The second-order valence-corrected chi connectivity index (χ2v) is 5.64. The predicted octanol–water partition coefficient (Wildman–Crippen LogP) is 2.29. The van der Waals surface area contributed by atoms with Gasteiger partial charge in [0.1, 0.15) is 5.69 Å². The average molecular weight is 339 g/mol. The monoisotopic (exact) mass is 338 g/mol. The summed E-state index contributed by atoms with van der Waals surface area (Å²) in [4.78, 5) is 26.0. The SMILES string of the molecule is C[C@H](NC(=O)CCc1n[nH]c(=S)[nH]c1=O)c1cccc(Cl)c1. The fourth-order valence-corrected chi connectivity index (χ4v) is 2.28. The van der Waals surface area contributed by atoms with E-state index in [0.29, 0.717) is 5.02 Å². The Morgan fingerprint density at radius 3 is 2.95 bits per heavy atom. The molecule has 2 aromatic rings. The molecule has 0 saturated carbocycles. The van der Waals surface area contributed by atoms with Crippen LogP contribution in [0.5, 0.6) is 0 Å². The van der Waals surface area contributed by atoms with Gasteiger partial charge in [0, 0.05) is 17.9 Å². The molecule has 1 aromatic heterocycles. The molecule has 22 heavy (non-hydrogen) atoms. The highest BCUT2D eigenvalue weighted by Crippen LogP contribution is 2.17.